The van der Waals surface area contributed by atoms with Gasteiger partial charge in [-0.1, -0.05) is 18.2 Å². The Morgan fingerprint density at radius 1 is 0.968 bits per heavy atom. The van der Waals surface area contributed by atoms with Gasteiger partial charge in [0.25, 0.3) is 0 Å². The average molecular weight is 434 g/mol. The topological polar surface area (TPSA) is 60.4 Å². The molecule has 0 amide bonds. The van der Waals surface area contributed by atoms with E-state index in [0.717, 1.165) is 31.6 Å². The van der Waals surface area contributed by atoms with Gasteiger partial charge in [0.2, 0.25) is 0 Å². The molecule has 0 bridgehead atoms. The Morgan fingerprint density at radius 2 is 1.81 bits per heavy atom. The van der Waals surface area contributed by atoms with Gasteiger partial charge in [0, 0.05) is 20.2 Å². The molecule has 7 heteroatoms. The molecule has 1 aliphatic rings. The zero-order valence-corrected chi connectivity index (χ0v) is 18.3. The Bertz CT molecular complexity index is 833. The summed E-state index contributed by atoms with van der Waals surface area (Å²) < 4.78 is 35.6. The van der Waals surface area contributed by atoms with Crippen LogP contribution in [0.2, 0.25) is 0 Å². The zero-order valence-electron chi connectivity index (χ0n) is 18.3. The van der Waals surface area contributed by atoms with Crippen LogP contribution in [0.25, 0.3) is 0 Å². The zero-order chi connectivity index (χ0) is 22.1. The van der Waals surface area contributed by atoms with Crippen molar-refractivity contribution in [2.24, 2.45) is 0 Å². The first-order chi connectivity index (χ1) is 15.0. The quantitative estimate of drug-likeness (QED) is 0.577. The lowest BCUT2D eigenvalue weighted by molar-refractivity contribution is -0.0177. The van der Waals surface area contributed by atoms with Gasteiger partial charge in [-0.05, 0) is 55.6 Å². The van der Waals surface area contributed by atoms with Gasteiger partial charge in [0.05, 0.1) is 19.3 Å². The summed E-state index contributed by atoms with van der Waals surface area (Å²) in [6, 6.07) is 12.2. The molecule has 1 aliphatic heterocycles. The van der Waals surface area contributed by atoms with Crippen LogP contribution in [0.1, 0.15) is 24.8 Å². The van der Waals surface area contributed by atoms with Gasteiger partial charge < -0.3 is 24.1 Å². The van der Waals surface area contributed by atoms with Gasteiger partial charge >= 0.3 is 0 Å². The first-order valence-corrected chi connectivity index (χ1v) is 10.6. The second-order valence-electron chi connectivity index (χ2n) is 7.90. The van der Waals surface area contributed by atoms with Crippen molar-refractivity contribution >= 4 is 0 Å². The van der Waals surface area contributed by atoms with E-state index in [1.54, 1.807) is 32.4 Å². The third kappa shape index (κ3) is 6.82. The third-order valence-electron chi connectivity index (χ3n) is 5.52. The number of aliphatic hydroxyl groups is 1. The summed E-state index contributed by atoms with van der Waals surface area (Å²) in [7, 11) is 3.26. The molecule has 1 heterocycles. The van der Waals surface area contributed by atoms with E-state index in [1.807, 2.05) is 18.2 Å². The number of methoxy groups -OCH3 is 2. The first kappa shape index (κ1) is 23.3. The predicted octanol–water partition coefficient (Wildman–Crippen LogP) is 3.66. The van der Waals surface area contributed by atoms with Crippen LogP contribution in [0.3, 0.4) is 0 Å². The Kier molecular flexibility index (Phi) is 8.51. The lowest BCUT2D eigenvalue weighted by atomic mass is 9.96. The predicted molar refractivity (Wildman–Crippen MR) is 116 cm³/mol. The monoisotopic (exact) mass is 433 g/mol. The number of likely N-dealkylation sites (tertiary alicyclic amines) is 1. The van der Waals surface area contributed by atoms with E-state index in [2.05, 4.69) is 4.90 Å². The van der Waals surface area contributed by atoms with Crippen LogP contribution in [0, 0.1) is 5.82 Å². The maximum absolute atomic E-state index is 13.8. The number of benzene rings is 2. The maximum atomic E-state index is 13.8. The van der Waals surface area contributed by atoms with Gasteiger partial charge in [-0.15, -0.1) is 0 Å². The minimum absolute atomic E-state index is 0.0851. The molecule has 0 spiro atoms. The van der Waals surface area contributed by atoms with E-state index in [-0.39, 0.29) is 12.4 Å². The lowest BCUT2D eigenvalue weighted by Crippen LogP contribution is -2.37. The molecular formula is C24H32FNO5. The Labute approximate surface area is 183 Å². The average Bonchev–Trinajstić information content (AvgIpc) is 2.95. The van der Waals surface area contributed by atoms with Crippen LogP contribution in [0.4, 0.5) is 4.39 Å². The summed E-state index contributed by atoms with van der Waals surface area (Å²) >= 11 is 0. The number of nitrogens with zero attached hydrogens (tertiary/aromatic N) is 1. The number of ether oxygens (including phenoxy) is 4. The molecule has 1 atom stereocenters. The van der Waals surface area contributed by atoms with Crippen LogP contribution < -0.4 is 14.2 Å². The van der Waals surface area contributed by atoms with Crippen molar-refractivity contribution in [3.8, 4) is 17.2 Å². The second-order valence-corrected chi connectivity index (χ2v) is 7.90. The van der Waals surface area contributed by atoms with Gasteiger partial charge in [0.1, 0.15) is 13.2 Å². The number of para-hydroxylation sites is 1. The summed E-state index contributed by atoms with van der Waals surface area (Å²) in [5, 5.41) is 11.0. The van der Waals surface area contributed by atoms with Crippen molar-refractivity contribution in [2.45, 2.75) is 31.4 Å². The van der Waals surface area contributed by atoms with E-state index in [1.165, 1.54) is 6.07 Å². The standard InChI is InChI=1S/C24H32FNO5/c1-28-14-15-30-23-16-19(8-9-22(23)29-2)17-26-12-5-10-24(27,11-13-26)18-31-21-7-4-3-6-20(21)25/h3-4,6-9,16,27H,5,10-15,17-18H2,1-2H3. The fraction of sp³-hybridized carbons (Fsp3) is 0.500. The van der Waals surface area contributed by atoms with Crippen LogP contribution in [-0.4, -0.2) is 62.7 Å². The first-order valence-electron chi connectivity index (χ1n) is 10.6. The fourth-order valence-corrected chi connectivity index (χ4v) is 3.74. The van der Waals surface area contributed by atoms with Crippen molar-refractivity contribution in [1.29, 1.82) is 0 Å². The molecule has 31 heavy (non-hydrogen) atoms. The van der Waals surface area contributed by atoms with Crippen molar-refractivity contribution in [3.63, 3.8) is 0 Å². The highest BCUT2D eigenvalue weighted by molar-refractivity contribution is 5.43. The maximum Gasteiger partial charge on any atom is 0.165 e. The molecule has 0 aliphatic carbocycles. The van der Waals surface area contributed by atoms with Crippen LogP contribution in [-0.2, 0) is 11.3 Å². The Hall–Kier alpha value is -2.35. The van der Waals surface area contributed by atoms with Gasteiger partial charge in [0.15, 0.2) is 23.1 Å². The van der Waals surface area contributed by atoms with Crippen molar-refractivity contribution in [2.75, 3.05) is 47.1 Å². The molecule has 1 N–H and O–H groups in total. The van der Waals surface area contributed by atoms with Crippen molar-refractivity contribution < 1.29 is 28.4 Å². The van der Waals surface area contributed by atoms with Gasteiger partial charge in [-0.3, -0.25) is 4.90 Å². The summed E-state index contributed by atoms with van der Waals surface area (Å²) in [6.45, 7) is 3.38. The molecule has 2 aromatic rings. The summed E-state index contributed by atoms with van der Waals surface area (Å²) in [5.41, 5.74) is 0.145. The molecule has 0 aromatic heterocycles. The summed E-state index contributed by atoms with van der Waals surface area (Å²) in [5.74, 6) is 1.15. The van der Waals surface area contributed by atoms with E-state index < -0.39 is 11.4 Å². The number of halogens is 1. The third-order valence-corrected chi connectivity index (χ3v) is 5.52. The SMILES string of the molecule is COCCOc1cc(CN2CCCC(O)(COc3ccccc3F)CC2)ccc1OC. The van der Waals surface area contributed by atoms with E-state index >= 15 is 0 Å². The molecule has 6 nitrogen and oxygen atoms in total. The van der Waals surface area contributed by atoms with Crippen LogP contribution >= 0.6 is 0 Å². The van der Waals surface area contributed by atoms with Gasteiger partial charge in [-0.2, -0.15) is 0 Å². The van der Waals surface area contributed by atoms with Gasteiger partial charge in [-0.25, -0.2) is 4.39 Å². The van der Waals surface area contributed by atoms with E-state index in [4.69, 9.17) is 18.9 Å². The minimum atomic E-state index is -0.967. The summed E-state index contributed by atoms with van der Waals surface area (Å²) in [6.07, 6.45) is 2.02. The molecule has 3 rings (SSSR count). The molecule has 1 unspecified atom stereocenters. The van der Waals surface area contributed by atoms with Crippen LogP contribution in [0.5, 0.6) is 17.2 Å². The number of hydrogen-bond donors (Lipinski definition) is 1. The van der Waals surface area contributed by atoms with Crippen molar-refractivity contribution in [1.82, 2.24) is 4.90 Å². The molecule has 1 fully saturated rings. The molecule has 170 valence electrons. The largest absolute Gasteiger partial charge is 0.493 e. The highest BCUT2D eigenvalue weighted by Gasteiger charge is 2.31. The lowest BCUT2D eigenvalue weighted by Gasteiger charge is -2.27. The Balaban J connectivity index is 1.56. The second kappa shape index (κ2) is 11.3. The fourth-order valence-electron chi connectivity index (χ4n) is 3.74. The van der Waals surface area contributed by atoms with Crippen molar-refractivity contribution in [3.05, 3.63) is 53.8 Å². The summed E-state index contributed by atoms with van der Waals surface area (Å²) in [4.78, 5) is 2.31. The highest BCUT2D eigenvalue weighted by atomic mass is 19.1. The normalized spacial score (nSPS) is 19.6. The number of hydrogen-bond acceptors (Lipinski definition) is 6. The molecule has 0 saturated carbocycles. The number of rotatable bonds is 10. The minimum Gasteiger partial charge on any atom is -0.493 e. The molecular weight excluding hydrogens is 401 g/mol. The molecule has 1 saturated heterocycles. The highest BCUT2D eigenvalue weighted by Crippen LogP contribution is 2.30. The van der Waals surface area contributed by atoms with E-state index in [9.17, 15) is 9.50 Å². The molecule has 2 aromatic carbocycles. The smallest absolute Gasteiger partial charge is 0.165 e. The molecule has 0 radical (unpaired) electrons. The Morgan fingerprint density at radius 3 is 2.58 bits per heavy atom. The van der Waals surface area contributed by atoms with E-state index in [0.29, 0.717) is 37.6 Å². The van der Waals surface area contributed by atoms with Crippen LogP contribution in [0.15, 0.2) is 42.5 Å².